The summed E-state index contributed by atoms with van der Waals surface area (Å²) < 4.78 is 2.80. The molecule has 0 saturated heterocycles. The van der Waals surface area contributed by atoms with Gasteiger partial charge in [-0.25, -0.2) is 0 Å². The first-order valence-electron chi connectivity index (χ1n) is 8.46. The minimum Gasteiger partial charge on any atom is -0.324 e. The van der Waals surface area contributed by atoms with Crippen LogP contribution in [0.25, 0.3) is 11.4 Å². The number of thioether (sulfide) groups is 1. The van der Waals surface area contributed by atoms with E-state index in [0.29, 0.717) is 22.4 Å². The maximum Gasteiger partial charge on any atom is 0.234 e. The maximum absolute atomic E-state index is 12.3. The molecule has 0 atom stereocenters. The Morgan fingerprint density at radius 1 is 1.29 bits per heavy atom. The highest BCUT2D eigenvalue weighted by molar-refractivity contribution is 9.10. The highest BCUT2D eigenvalue weighted by Gasteiger charge is 2.15. The van der Waals surface area contributed by atoms with Crippen LogP contribution in [0.2, 0.25) is 5.02 Å². The van der Waals surface area contributed by atoms with Crippen LogP contribution >= 0.6 is 39.3 Å². The van der Waals surface area contributed by atoms with E-state index in [0.717, 1.165) is 15.9 Å². The molecule has 1 amide bonds. The number of aryl methyl sites for hydroxylation is 1. The smallest absolute Gasteiger partial charge is 0.234 e. The zero-order valence-corrected chi connectivity index (χ0v) is 18.3. The number of aromatic nitrogens is 3. The first kappa shape index (κ1) is 20.6. The number of nitrogens with zero attached hydrogens (tertiary/aromatic N) is 3. The highest BCUT2D eigenvalue weighted by atomic mass is 79.9. The Labute approximate surface area is 181 Å². The first-order chi connectivity index (χ1) is 13.5. The Hall–Kier alpha value is -2.09. The summed E-state index contributed by atoms with van der Waals surface area (Å²) in [6, 6.07) is 13.4. The molecule has 0 fully saturated rings. The summed E-state index contributed by atoms with van der Waals surface area (Å²) in [6.45, 7) is 6.40. The van der Waals surface area contributed by atoms with E-state index in [1.165, 1.54) is 17.3 Å². The largest absolute Gasteiger partial charge is 0.324 e. The van der Waals surface area contributed by atoms with Crippen LogP contribution in [0.3, 0.4) is 0 Å². The van der Waals surface area contributed by atoms with Gasteiger partial charge in [0.1, 0.15) is 0 Å². The minimum absolute atomic E-state index is 0.167. The first-order valence-corrected chi connectivity index (χ1v) is 10.6. The molecular weight excluding hydrogens is 460 g/mol. The van der Waals surface area contributed by atoms with Crippen molar-refractivity contribution in [2.75, 3.05) is 11.1 Å². The molecular formula is C20H18BrClN4OS. The SMILES string of the molecule is C=CCn1c(SCC(=O)Nc2ccc(Br)cc2Cl)nnc1-c1ccc(C)cc1. The fourth-order valence-corrected chi connectivity index (χ4v) is 3.98. The summed E-state index contributed by atoms with van der Waals surface area (Å²) in [5, 5.41) is 12.5. The van der Waals surface area contributed by atoms with Crippen molar-refractivity contribution in [1.29, 1.82) is 0 Å². The van der Waals surface area contributed by atoms with Gasteiger partial charge in [-0.1, -0.05) is 75.2 Å². The van der Waals surface area contributed by atoms with Gasteiger partial charge in [0.15, 0.2) is 11.0 Å². The van der Waals surface area contributed by atoms with Crippen molar-refractivity contribution >= 4 is 50.9 Å². The van der Waals surface area contributed by atoms with Crippen molar-refractivity contribution in [2.45, 2.75) is 18.6 Å². The third kappa shape index (κ3) is 5.04. The summed E-state index contributed by atoms with van der Waals surface area (Å²) in [7, 11) is 0. The van der Waals surface area contributed by atoms with Crippen LogP contribution < -0.4 is 5.32 Å². The number of rotatable bonds is 7. The second kappa shape index (κ2) is 9.41. The van der Waals surface area contributed by atoms with E-state index in [1.54, 1.807) is 18.2 Å². The van der Waals surface area contributed by atoms with E-state index in [9.17, 15) is 4.79 Å². The number of carbonyl (C=O) groups excluding carboxylic acids is 1. The summed E-state index contributed by atoms with van der Waals surface area (Å²) in [5.74, 6) is 0.772. The molecule has 0 unspecified atom stereocenters. The van der Waals surface area contributed by atoms with Gasteiger partial charge in [-0.05, 0) is 25.1 Å². The lowest BCUT2D eigenvalue weighted by Gasteiger charge is -2.09. The topological polar surface area (TPSA) is 59.8 Å². The Kier molecular flexibility index (Phi) is 6.93. The van der Waals surface area contributed by atoms with Crippen LogP contribution in [0.1, 0.15) is 5.56 Å². The second-order valence-corrected chi connectivity index (χ2v) is 8.30. The molecule has 1 aromatic heterocycles. The number of allylic oxidation sites excluding steroid dienone is 1. The molecule has 0 aliphatic carbocycles. The van der Waals surface area contributed by atoms with Crippen molar-refractivity contribution in [3.63, 3.8) is 0 Å². The van der Waals surface area contributed by atoms with Gasteiger partial charge in [0.2, 0.25) is 5.91 Å². The molecule has 0 saturated carbocycles. The molecule has 0 spiro atoms. The van der Waals surface area contributed by atoms with Crippen LogP contribution in [0.15, 0.2) is 64.7 Å². The Morgan fingerprint density at radius 2 is 2.04 bits per heavy atom. The van der Waals surface area contributed by atoms with Crippen molar-refractivity contribution in [1.82, 2.24) is 14.8 Å². The van der Waals surface area contributed by atoms with Crippen molar-refractivity contribution in [3.8, 4) is 11.4 Å². The third-order valence-electron chi connectivity index (χ3n) is 3.88. The fraction of sp³-hybridized carbons (Fsp3) is 0.150. The quantitative estimate of drug-likeness (QED) is 0.356. The van der Waals surface area contributed by atoms with Crippen molar-refractivity contribution < 1.29 is 4.79 Å². The maximum atomic E-state index is 12.3. The lowest BCUT2D eigenvalue weighted by molar-refractivity contribution is -0.113. The average Bonchev–Trinajstić information content (AvgIpc) is 3.06. The molecule has 0 aliphatic heterocycles. The summed E-state index contributed by atoms with van der Waals surface area (Å²) in [5.41, 5.74) is 2.72. The van der Waals surface area contributed by atoms with E-state index in [-0.39, 0.29) is 11.7 Å². The van der Waals surface area contributed by atoms with Gasteiger partial charge in [0.05, 0.1) is 16.5 Å². The standard InChI is InChI=1S/C20H18BrClN4OS/c1-3-10-26-19(14-6-4-13(2)5-7-14)24-25-20(26)28-12-18(27)23-17-9-8-15(21)11-16(17)22/h3-9,11H,1,10,12H2,2H3,(H,23,27). The predicted octanol–water partition coefficient (Wildman–Crippen LogP) is 5.59. The average molecular weight is 478 g/mol. The lowest BCUT2D eigenvalue weighted by Crippen LogP contribution is -2.15. The van der Waals surface area contributed by atoms with E-state index < -0.39 is 0 Å². The number of amides is 1. The van der Waals surface area contributed by atoms with Gasteiger partial charge >= 0.3 is 0 Å². The zero-order valence-electron chi connectivity index (χ0n) is 15.2. The fourth-order valence-electron chi connectivity index (χ4n) is 2.51. The molecule has 144 valence electrons. The number of benzene rings is 2. The van der Waals surface area contributed by atoms with Crippen LogP contribution in [-0.2, 0) is 11.3 Å². The molecule has 2 aromatic carbocycles. The Bertz CT molecular complexity index is 1000. The van der Waals surface area contributed by atoms with Gasteiger partial charge in [0.25, 0.3) is 0 Å². The van der Waals surface area contributed by atoms with Gasteiger partial charge in [-0.15, -0.1) is 16.8 Å². The molecule has 3 rings (SSSR count). The number of halogens is 2. The molecule has 1 heterocycles. The van der Waals surface area contributed by atoms with E-state index in [4.69, 9.17) is 11.6 Å². The van der Waals surface area contributed by atoms with Crippen LogP contribution in [0, 0.1) is 6.92 Å². The second-order valence-electron chi connectivity index (χ2n) is 6.03. The zero-order chi connectivity index (χ0) is 20.1. The Balaban J connectivity index is 1.72. The van der Waals surface area contributed by atoms with Crippen LogP contribution in [0.4, 0.5) is 5.69 Å². The molecule has 28 heavy (non-hydrogen) atoms. The third-order valence-corrected chi connectivity index (χ3v) is 5.65. The van der Waals surface area contributed by atoms with E-state index >= 15 is 0 Å². The van der Waals surface area contributed by atoms with Crippen molar-refractivity contribution in [2.24, 2.45) is 0 Å². The highest BCUT2D eigenvalue weighted by Crippen LogP contribution is 2.27. The molecule has 3 aromatic rings. The molecule has 1 N–H and O–H groups in total. The van der Waals surface area contributed by atoms with Gasteiger partial charge in [-0.2, -0.15) is 0 Å². The van der Waals surface area contributed by atoms with E-state index in [2.05, 4.69) is 38.0 Å². The molecule has 0 bridgehead atoms. The summed E-state index contributed by atoms with van der Waals surface area (Å²) in [4.78, 5) is 12.3. The van der Waals surface area contributed by atoms with Gasteiger partial charge in [-0.3, -0.25) is 9.36 Å². The molecule has 5 nitrogen and oxygen atoms in total. The van der Waals surface area contributed by atoms with Crippen molar-refractivity contribution in [3.05, 3.63) is 70.2 Å². The normalized spacial score (nSPS) is 10.7. The summed E-state index contributed by atoms with van der Waals surface area (Å²) >= 11 is 10.8. The predicted molar refractivity (Wildman–Crippen MR) is 119 cm³/mol. The number of hydrogen-bond donors (Lipinski definition) is 1. The van der Waals surface area contributed by atoms with Gasteiger partial charge < -0.3 is 5.32 Å². The van der Waals surface area contributed by atoms with Crippen LogP contribution in [0.5, 0.6) is 0 Å². The molecule has 8 heteroatoms. The monoisotopic (exact) mass is 476 g/mol. The molecule has 0 aliphatic rings. The number of anilines is 1. The van der Waals surface area contributed by atoms with E-state index in [1.807, 2.05) is 41.8 Å². The number of hydrogen-bond acceptors (Lipinski definition) is 4. The summed E-state index contributed by atoms with van der Waals surface area (Å²) in [6.07, 6.45) is 1.78. The number of carbonyl (C=O) groups is 1. The van der Waals surface area contributed by atoms with Gasteiger partial charge in [0, 0.05) is 16.6 Å². The van der Waals surface area contributed by atoms with Crippen LogP contribution in [-0.4, -0.2) is 26.4 Å². The lowest BCUT2D eigenvalue weighted by atomic mass is 10.1. The number of nitrogens with one attached hydrogen (secondary N) is 1. The molecule has 0 radical (unpaired) electrons. The Morgan fingerprint density at radius 3 is 2.71 bits per heavy atom. The minimum atomic E-state index is -0.167.